The second-order valence-electron chi connectivity index (χ2n) is 2.42. The number of thiophene rings is 1. The molecule has 0 spiro atoms. The molecule has 1 aromatic heterocycles. The van der Waals surface area contributed by atoms with Crippen LogP contribution in [0.2, 0.25) is 0 Å². The van der Waals surface area contributed by atoms with Crippen molar-refractivity contribution in [3.8, 4) is 0 Å². The van der Waals surface area contributed by atoms with E-state index in [1.807, 2.05) is 11.4 Å². The minimum absolute atomic E-state index is 0.255. The Morgan fingerprint density at radius 2 is 2.57 bits per heavy atom. The fraction of sp³-hybridized carbons (Fsp3) is 0.222. The van der Waals surface area contributed by atoms with Crippen LogP contribution in [0.1, 0.15) is 12.5 Å². The van der Waals surface area contributed by atoms with Gasteiger partial charge in [0.1, 0.15) is 0 Å². The Kier molecular flexibility index (Phi) is 4.86. The van der Waals surface area contributed by atoms with Crippen LogP contribution in [0.5, 0.6) is 0 Å². The highest BCUT2D eigenvalue weighted by atomic mass is 79.9. The fourth-order valence-electron chi connectivity index (χ4n) is 0.760. The smallest absolute Gasteiger partial charge is 0.267 e. The third kappa shape index (κ3) is 4.04. The lowest BCUT2D eigenvalue weighted by Gasteiger charge is -1.97. The van der Waals surface area contributed by atoms with Gasteiger partial charge >= 0.3 is 0 Å². The van der Waals surface area contributed by atoms with Gasteiger partial charge in [-0.15, -0.1) is 11.3 Å². The number of hydrogen-bond donors (Lipinski definition) is 1. The first-order valence-electron chi connectivity index (χ1n) is 4.06. The van der Waals surface area contributed by atoms with E-state index >= 15 is 0 Å². The van der Waals surface area contributed by atoms with Gasteiger partial charge in [-0.3, -0.25) is 9.63 Å². The van der Waals surface area contributed by atoms with Crippen molar-refractivity contribution in [2.45, 2.75) is 6.92 Å². The Morgan fingerprint density at radius 3 is 3.14 bits per heavy atom. The summed E-state index contributed by atoms with van der Waals surface area (Å²) in [6.07, 6.45) is 3.17. The topological polar surface area (TPSA) is 38.3 Å². The van der Waals surface area contributed by atoms with Crippen molar-refractivity contribution < 1.29 is 9.63 Å². The van der Waals surface area contributed by atoms with Crippen molar-refractivity contribution in [2.75, 3.05) is 6.61 Å². The lowest BCUT2D eigenvalue weighted by molar-refractivity contribution is -0.127. The predicted octanol–water partition coefficient (Wildman–Crippen LogP) is 2.59. The molecule has 0 aliphatic rings. The van der Waals surface area contributed by atoms with Gasteiger partial charge < -0.3 is 0 Å². The van der Waals surface area contributed by atoms with Crippen molar-refractivity contribution in [3.05, 3.63) is 26.9 Å². The molecule has 0 fully saturated rings. The van der Waals surface area contributed by atoms with Gasteiger partial charge in [-0.1, -0.05) is 0 Å². The van der Waals surface area contributed by atoms with Crippen LogP contribution in [0.25, 0.3) is 6.08 Å². The Hall–Kier alpha value is -0.650. The fourth-order valence-corrected chi connectivity index (χ4v) is 1.90. The molecule has 0 radical (unpaired) electrons. The van der Waals surface area contributed by atoms with Gasteiger partial charge in [0.15, 0.2) is 0 Å². The molecule has 0 atom stereocenters. The molecule has 5 heteroatoms. The van der Waals surface area contributed by atoms with Crippen LogP contribution in [0, 0.1) is 0 Å². The molecule has 1 N–H and O–H groups in total. The van der Waals surface area contributed by atoms with E-state index < -0.39 is 0 Å². The number of rotatable bonds is 4. The molecule has 0 aliphatic heterocycles. The molecule has 0 aromatic carbocycles. The molecular formula is C9H10BrNO2S. The first-order valence-corrected chi connectivity index (χ1v) is 5.73. The molecule has 1 rings (SSSR count). The van der Waals surface area contributed by atoms with E-state index in [0.29, 0.717) is 6.61 Å². The van der Waals surface area contributed by atoms with Gasteiger partial charge in [0.2, 0.25) is 0 Å². The van der Waals surface area contributed by atoms with Crippen molar-refractivity contribution in [1.82, 2.24) is 5.48 Å². The summed E-state index contributed by atoms with van der Waals surface area (Å²) in [4.78, 5) is 15.8. The third-order valence-corrected chi connectivity index (χ3v) is 2.85. The first kappa shape index (κ1) is 11.4. The van der Waals surface area contributed by atoms with Crippen LogP contribution in [-0.4, -0.2) is 12.5 Å². The van der Waals surface area contributed by atoms with Crippen LogP contribution >= 0.6 is 27.3 Å². The van der Waals surface area contributed by atoms with Crippen LogP contribution in [-0.2, 0) is 9.63 Å². The average molecular weight is 276 g/mol. The number of nitrogens with one attached hydrogen (secondary N) is 1. The summed E-state index contributed by atoms with van der Waals surface area (Å²) in [6, 6.07) is 1.94. The van der Waals surface area contributed by atoms with Gasteiger partial charge in [-0.25, -0.2) is 5.48 Å². The number of carbonyl (C=O) groups is 1. The van der Waals surface area contributed by atoms with Gasteiger partial charge in [0, 0.05) is 6.08 Å². The van der Waals surface area contributed by atoms with Gasteiger partial charge in [0.05, 0.1) is 10.4 Å². The maximum Gasteiger partial charge on any atom is 0.267 e. The number of halogens is 1. The summed E-state index contributed by atoms with van der Waals surface area (Å²) in [6.45, 7) is 2.27. The maximum absolute atomic E-state index is 11.1. The SMILES string of the molecule is CCONC(=O)/C=C/c1csc(Br)c1. The Labute approximate surface area is 94.9 Å². The summed E-state index contributed by atoms with van der Waals surface area (Å²) in [5, 5.41) is 1.95. The largest absolute Gasteiger partial charge is 0.274 e. The molecule has 0 bridgehead atoms. The van der Waals surface area contributed by atoms with Gasteiger partial charge in [-0.2, -0.15) is 0 Å². The van der Waals surface area contributed by atoms with Crippen molar-refractivity contribution in [2.24, 2.45) is 0 Å². The maximum atomic E-state index is 11.1. The van der Waals surface area contributed by atoms with Gasteiger partial charge in [-0.05, 0) is 45.9 Å². The van der Waals surface area contributed by atoms with E-state index in [0.717, 1.165) is 9.35 Å². The summed E-state index contributed by atoms with van der Waals surface area (Å²) in [7, 11) is 0. The van der Waals surface area contributed by atoms with E-state index in [4.69, 9.17) is 4.84 Å². The number of amides is 1. The summed E-state index contributed by atoms with van der Waals surface area (Å²) < 4.78 is 1.04. The summed E-state index contributed by atoms with van der Waals surface area (Å²) in [5.74, 6) is -0.255. The molecule has 0 saturated heterocycles. The highest BCUT2D eigenvalue weighted by molar-refractivity contribution is 9.11. The zero-order valence-electron chi connectivity index (χ0n) is 7.62. The molecular weight excluding hydrogens is 266 g/mol. The quantitative estimate of drug-likeness (QED) is 0.678. The monoisotopic (exact) mass is 275 g/mol. The minimum atomic E-state index is -0.255. The predicted molar refractivity (Wildman–Crippen MR) is 60.8 cm³/mol. The Balaban J connectivity index is 2.43. The van der Waals surface area contributed by atoms with Crippen molar-refractivity contribution in [3.63, 3.8) is 0 Å². The number of hydroxylamine groups is 1. The van der Waals surface area contributed by atoms with Crippen molar-refractivity contribution >= 4 is 39.2 Å². The standard InChI is InChI=1S/C9H10BrNO2S/c1-2-13-11-9(12)4-3-7-5-8(10)14-6-7/h3-6H,2H2,1H3,(H,11,12)/b4-3+. The second kappa shape index (κ2) is 5.95. The molecule has 1 amide bonds. The molecule has 0 saturated carbocycles. The van der Waals surface area contributed by atoms with Crippen LogP contribution < -0.4 is 5.48 Å². The minimum Gasteiger partial charge on any atom is -0.274 e. The molecule has 0 unspecified atom stereocenters. The molecule has 1 aromatic rings. The summed E-state index contributed by atoms with van der Waals surface area (Å²) in [5.41, 5.74) is 3.27. The lowest BCUT2D eigenvalue weighted by Crippen LogP contribution is -2.20. The highest BCUT2D eigenvalue weighted by Gasteiger charge is 1.95. The Morgan fingerprint density at radius 1 is 1.79 bits per heavy atom. The van der Waals surface area contributed by atoms with E-state index in [9.17, 15) is 4.79 Å². The van der Waals surface area contributed by atoms with Crippen LogP contribution in [0.4, 0.5) is 0 Å². The van der Waals surface area contributed by atoms with E-state index in [1.54, 1.807) is 24.3 Å². The average Bonchev–Trinajstić information content (AvgIpc) is 2.58. The van der Waals surface area contributed by atoms with Crippen molar-refractivity contribution in [1.29, 1.82) is 0 Å². The second-order valence-corrected chi connectivity index (χ2v) is 4.71. The molecule has 14 heavy (non-hydrogen) atoms. The van der Waals surface area contributed by atoms with Gasteiger partial charge in [0.25, 0.3) is 5.91 Å². The summed E-state index contributed by atoms with van der Waals surface area (Å²) >= 11 is 4.92. The molecule has 3 nitrogen and oxygen atoms in total. The Bertz CT molecular complexity index is 335. The number of carbonyl (C=O) groups excluding carboxylic acids is 1. The van der Waals surface area contributed by atoms with Crippen LogP contribution in [0.15, 0.2) is 21.3 Å². The molecule has 76 valence electrons. The normalized spacial score (nSPS) is 10.7. The van der Waals surface area contributed by atoms with Crippen LogP contribution in [0.3, 0.4) is 0 Å². The van der Waals surface area contributed by atoms with E-state index in [2.05, 4.69) is 21.4 Å². The van der Waals surface area contributed by atoms with E-state index in [1.165, 1.54) is 6.08 Å². The number of hydrogen-bond acceptors (Lipinski definition) is 3. The highest BCUT2D eigenvalue weighted by Crippen LogP contribution is 2.21. The third-order valence-electron chi connectivity index (χ3n) is 1.33. The molecule has 1 heterocycles. The zero-order valence-corrected chi connectivity index (χ0v) is 10.0. The zero-order chi connectivity index (χ0) is 10.4. The first-order chi connectivity index (χ1) is 6.72. The molecule has 0 aliphatic carbocycles. The lowest BCUT2D eigenvalue weighted by atomic mass is 10.3. The van der Waals surface area contributed by atoms with E-state index in [-0.39, 0.29) is 5.91 Å².